The molecule has 1 atom stereocenters. The van der Waals surface area contributed by atoms with Gasteiger partial charge in [-0.25, -0.2) is 0 Å². The highest BCUT2D eigenvalue weighted by atomic mass is 32.2. The van der Waals surface area contributed by atoms with E-state index >= 15 is 0 Å². The Morgan fingerprint density at radius 1 is 1.57 bits per heavy atom. The standard InChI is InChI=1S/C10H21N3S/c1-4-9-8-12-10(14-9)11-6-5-7-13(2)3/h9H,4-8H2,1-3H3,(H,11,12). The highest BCUT2D eigenvalue weighted by Gasteiger charge is 2.16. The number of nitrogens with one attached hydrogen (secondary N) is 1. The van der Waals surface area contributed by atoms with E-state index in [4.69, 9.17) is 0 Å². The lowest BCUT2D eigenvalue weighted by molar-refractivity contribution is 0.400. The van der Waals surface area contributed by atoms with Gasteiger partial charge in [0.1, 0.15) is 0 Å². The molecule has 3 nitrogen and oxygen atoms in total. The summed E-state index contributed by atoms with van der Waals surface area (Å²) >= 11 is 1.89. The van der Waals surface area contributed by atoms with Crippen molar-refractivity contribution in [2.24, 2.45) is 4.99 Å². The summed E-state index contributed by atoms with van der Waals surface area (Å²) in [4.78, 5) is 6.67. The molecule has 0 bridgehead atoms. The summed E-state index contributed by atoms with van der Waals surface area (Å²) in [6.45, 7) is 5.40. The van der Waals surface area contributed by atoms with Crippen molar-refractivity contribution in [1.29, 1.82) is 0 Å². The van der Waals surface area contributed by atoms with Gasteiger partial charge in [0.2, 0.25) is 0 Å². The summed E-state index contributed by atoms with van der Waals surface area (Å²) < 4.78 is 0. The lowest BCUT2D eigenvalue weighted by atomic mass is 10.3. The van der Waals surface area contributed by atoms with Crippen molar-refractivity contribution in [2.75, 3.05) is 33.7 Å². The van der Waals surface area contributed by atoms with E-state index in [1.165, 1.54) is 12.8 Å². The quantitative estimate of drug-likeness (QED) is 0.703. The lowest BCUT2D eigenvalue weighted by Crippen LogP contribution is -2.24. The van der Waals surface area contributed by atoms with Gasteiger partial charge in [-0.1, -0.05) is 18.7 Å². The Morgan fingerprint density at radius 2 is 2.36 bits per heavy atom. The van der Waals surface area contributed by atoms with Crippen molar-refractivity contribution in [3.63, 3.8) is 0 Å². The smallest absolute Gasteiger partial charge is 0.156 e. The molecule has 0 saturated heterocycles. The molecule has 82 valence electrons. The molecular weight excluding hydrogens is 194 g/mol. The normalized spacial score (nSPS) is 21.4. The second-order valence-electron chi connectivity index (χ2n) is 3.88. The van der Waals surface area contributed by atoms with Crippen LogP contribution in [-0.4, -0.2) is 49.0 Å². The van der Waals surface area contributed by atoms with Crippen molar-refractivity contribution in [1.82, 2.24) is 10.2 Å². The third-order valence-corrected chi connectivity index (χ3v) is 3.54. The van der Waals surface area contributed by atoms with E-state index in [-0.39, 0.29) is 0 Å². The van der Waals surface area contributed by atoms with Crippen LogP contribution in [0.15, 0.2) is 4.99 Å². The van der Waals surface area contributed by atoms with Gasteiger partial charge in [-0.05, 0) is 33.5 Å². The summed E-state index contributed by atoms with van der Waals surface area (Å²) in [6.07, 6.45) is 2.40. The van der Waals surface area contributed by atoms with E-state index < -0.39 is 0 Å². The summed E-state index contributed by atoms with van der Waals surface area (Å²) in [5.41, 5.74) is 0. The number of hydrogen-bond donors (Lipinski definition) is 1. The van der Waals surface area contributed by atoms with Gasteiger partial charge < -0.3 is 10.2 Å². The second kappa shape index (κ2) is 6.30. The molecule has 0 fully saturated rings. The molecule has 0 aromatic heterocycles. The van der Waals surface area contributed by atoms with Crippen LogP contribution in [0.5, 0.6) is 0 Å². The molecule has 4 heteroatoms. The number of rotatable bonds is 5. The van der Waals surface area contributed by atoms with Crippen LogP contribution >= 0.6 is 11.8 Å². The number of hydrogen-bond acceptors (Lipinski definition) is 4. The van der Waals surface area contributed by atoms with Crippen LogP contribution in [0.4, 0.5) is 0 Å². The van der Waals surface area contributed by atoms with Gasteiger partial charge in [-0.15, -0.1) is 0 Å². The Hall–Kier alpha value is -0.220. The summed E-state index contributed by atoms with van der Waals surface area (Å²) in [5, 5.41) is 5.25. The minimum atomic E-state index is 0.714. The number of amidine groups is 1. The Labute approximate surface area is 91.3 Å². The molecule has 0 amide bonds. The molecule has 1 N–H and O–H groups in total. The van der Waals surface area contributed by atoms with E-state index in [0.29, 0.717) is 5.25 Å². The third-order valence-electron chi connectivity index (χ3n) is 2.23. The maximum Gasteiger partial charge on any atom is 0.156 e. The van der Waals surface area contributed by atoms with Gasteiger partial charge in [0, 0.05) is 11.8 Å². The molecule has 14 heavy (non-hydrogen) atoms. The number of thioether (sulfide) groups is 1. The summed E-state index contributed by atoms with van der Waals surface area (Å²) in [6, 6.07) is 0. The number of aliphatic imine (C=N–C) groups is 1. The highest BCUT2D eigenvalue weighted by Crippen LogP contribution is 2.21. The SMILES string of the molecule is CCC1CN=C(NCCCN(C)C)S1. The van der Waals surface area contributed by atoms with Crippen LogP contribution in [-0.2, 0) is 0 Å². The molecule has 1 rings (SSSR count). The lowest BCUT2D eigenvalue weighted by Gasteiger charge is -2.10. The van der Waals surface area contributed by atoms with Gasteiger partial charge in [-0.3, -0.25) is 4.99 Å². The summed E-state index contributed by atoms with van der Waals surface area (Å²) in [5.74, 6) is 0. The molecule has 1 heterocycles. The van der Waals surface area contributed by atoms with Crippen molar-refractivity contribution in [2.45, 2.75) is 25.0 Å². The molecule has 0 saturated carbocycles. The van der Waals surface area contributed by atoms with Crippen LogP contribution in [0.3, 0.4) is 0 Å². The molecule has 1 unspecified atom stereocenters. The second-order valence-corrected chi connectivity index (χ2v) is 5.17. The van der Waals surface area contributed by atoms with Crippen LogP contribution in [0, 0.1) is 0 Å². The topological polar surface area (TPSA) is 27.6 Å². The van der Waals surface area contributed by atoms with Crippen LogP contribution in [0.1, 0.15) is 19.8 Å². The predicted molar refractivity (Wildman–Crippen MR) is 65.1 cm³/mol. The van der Waals surface area contributed by atoms with Gasteiger partial charge in [0.15, 0.2) is 5.17 Å². The fraction of sp³-hybridized carbons (Fsp3) is 0.900. The molecule has 0 aliphatic carbocycles. The van der Waals surface area contributed by atoms with E-state index in [0.717, 1.165) is 24.8 Å². The van der Waals surface area contributed by atoms with E-state index in [2.05, 4.69) is 36.2 Å². The van der Waals surface area contributed by atoms with Crippen LogP contribution in [0.2, 0.25) is 0 Å². The molecule has 0 spiro atoms. The van der Waals surface area contributed by atoms with Gasteiger partial charge in [-0.2, -0.15) is 0 Å². The van der Waals surface area contributed by atoms with Gasteiger partial charge >= 0.3 is 0 Å². The molecule has 0 aromatic rings. The zero-order valence-corrected chi connectivity index (χ0v) is 10.2. The molecule has 0 aromatic carbocycles. The Bertz CT molecular complexity index is 192. The first-order valence-electron chi connectivity index (χ1n) is 5.32. The zero-order valence-electron chi connectivity index (χ0n) is 9.42. The Morgan fingerprint density at radius 3 is 2.93 bits per heavy atom. The third kappa shape index (κ3) is 4.33. The van der Waals surface area contributed by atoms with E-state index in [1.807, 2.05) is 11.8 Å². The maximum absolute atomic E-state index is 4.46. The zero-order chi connectivity index (χ0) is 10.4. The van der Waals surface area contributed by atoms with Gasteiger partial charge in [0.25, 0.3) is 0 Å². The first-order chi connectivity index (χ1) is 6.72. The molecule has 1 aliphatic rings. The Balaban J connectivity index is 2.03. The van der Waals surface area contributed by atoms with Crippen molar-refractivity contribution < 1.29 is 0 Å². The molecule has 1 aliphatic heterocycles. The molecular formula is C10H21N3S. The van der Waals surface area contributed by atoms with Crippen molar-refractivity contribution in [3.8, 4) is 0 Å². The summed E-state index contributed by atoms with van der Waals surface area (Å²) in [7, 11) is 4.21. The highest BCUT2D eigenvalue weighted by molar-refractivity contribution is 8.14. The van der Waals surface area contributed by atoms with Crippen molar-refractivity contribution >= 4 is 16.9 Å². The predicted octanol–water partition coefficient (Wildman–Crippen LogP) is 1.41. The van der Waals surface area contributed by atoms with Gasteiger partial charge in [0.05, 0.1) is 6.54 Å². The Kier molecular flexibility index (Phi) is 5.33. The van der Waals surface area contributed by atoms with Crippen LogP contribution < -0.4 is 5.32 Å². The largest absolute Gasteiger partial charge is 0.365 e. The van der Waals surface area contributed by atoms with Crippen molar-refractivity contribution in [3.05, 3.63) is 0 Å². The minimum absolute atomic E-state index is 0.714. The average Bonchev–Trinajstić information content (AvgIpc) is 2.60. The van der Waals surface area contributed by atoms with E-state index in [9.17, 15) is 0 Å². The maximum atomic E-state index is 4.46. The first-order valence-corrected chi connectivity index (χ1v) is 6.20. The first kappa shape index (κ1) is 11.9. The van der Waals surface area contributed by atoms with Crippen LogP contribution in [0.25, 0.3) is 0 Å². The average molecular weight is 215 g/mol. The molecule has 0 radical (unpaired) electrons. The fourth-order valence-corrected chi connectivity index (χ4v) is 2.28. The fourth-order valence-electron chi connectivity index (χ4n) is 1.32. The monoisotopic (exact) mass is 215 g/mol. The minimum Gasteiger partial charge on any atom is -0.365 e. The number of nitrogens with zero attached hydrogens (tertiary/aromatic N) is 2. The van der Waals surface area contributed by atoms with E-state index in [1.54, 1.807) is 0 Å².